The van der Waals surface area contributed by atoms with E-state index in [4.69, 9.17) is 10.00 Å². The number of aromatic nitrogens is 3. The van der Waals surface area contributed by atoms with Crippen LogP contribution in [0, 0.1) is 17.1 Å². The SMILES string of the molecule is Cn1nc(C(=O)Nc2ccc(OCc3cc(F)cc(C#N)c3)cn2)ccc1=O. The smallest absolute Gasteiger partial charge is 0.277 e. The number of halogens is 1. The number of pyridine rings is 1. The quantitative estimate of drug-likeness (QED) is 0.726. The molecule has 0 radical (unpaired) electrons. The maximum Gasteiger partial charge on any atom is 0.277 e. The highest BCUT2D eigenvalue weighted by Gasteiger charge is 2.10. The summed E-state index contributed by atoms with van der Waals surface area (Å²) in [5.74, 6) is -0.354. The molecule has 1 N–H and O–H groups in total. The Morgan fingerprint density at radius 1 is 1.29 bits per heavy atom. The molecule has 0 atom stereocenters. The molecular weight excluding hydrogens is 365 g/mol. The minimum absolute atomic E-state index is 0.0573. The lowest BCUT2D eigenvalue weighted by Gasteiger charge is -2.08. The summed E-state index contributed by atoms with van der Waals surface area (Å²) in [6.45, 7) is 0.0573. The lowest BCUT2D eigenvalue weighted by atomic mass is 10.1. The molecule has 0 saturated carbocycles. The van der Waals surface area contributed by atoms with E-state index in [0.29, 0.717) is 11.3 Å². The van der Waals surface area contributed by atoms with E-state index in [1.807, 2.05) is 6.07 Å². The van der Waals surface area contributed by atoms with Crippen molar-refractivity contribution in [2.45, 2.75) is 6.61 Å². The van der Waals surface area contributed by atoms with Gasteiger partial charge in [-0.25, -0.2) is 14.1 Å². The Morgan fingerprint density at radius 2 is 2.11 bits per heavy atom. The van der Waals surface area contributed by atoms with E-state index < -0.39 is 11.7 Å². The number of ether oxygens (including phenoxy) is 1. The molecule has 1 amide bonds. The third-order valence-electron chi connectivity index (χ3n) is 3.66. The van der Waals surface area contributed by atoms with Crippen molar-refractivity contribution in [3.8, 4) is 11.8 Å². The van der Waals surface area contributed by atoms with E-state index >= 15 is 0 Å². The fourth-order valence-electron chi connectivity index (χ4n) is 2.31. The average molecular weight is 379 g/mol. The number of benzene rings is 1. The van der Waals surface area contributed by atoms with Gasteiger partial charge in [0, 0.05) is 13.1 Å². The molecule has 0 aliphatic carbocycles. The van der Waals surface area contributed by atoms with Crippen LogP contribution in [0.15, 0.2) is 53.5 Å². The Hall–Kier alpha value is -4.06. The maximum atomic E-state index is 13.4. The molecule has 3 rings (SSSR count). The van der Waals surface area contributed by atoms with Gasteiger partial charge in [0.15, 0.2) is 0 Å². The van der Waals surface area contributed by atoms with Gasteiger partial charge in [-0.05, 0) is 42.0 Å². The first-order valence-electron chi connectivity index (χ1n) is 8.09. The lowest BCUT2D eigenvalue weighted by Crippen LogP contribution is -2.23. The fourth-order valence-corrected chi connectivity index (χ4v) is 2.31. The largest absolute Gasteiger partial charge is 0.487 e. The van der Waals surface area contributed by atoms with Gasteiger partial charge in [-0.1, -0.05) is 0 Å². The van der Waals surface area contributed by atoms with E-state index in [1.54, 1.807) is 6.07 Å². The zero-order valence-electron chi connectivity index (χ0n) is 14.7. The molecule has 2 heterocycles. The van der Waals surface area contributed by atoms with Crippen molar-refractivity contribution in [3.63, 3.8) is 0 Å². The minimum atomic E-state index is -0.513. The van der Waals surface area contributed by atoms with Gasteiger partial charge in [0.25, 0.3) is 11.5 Å². The summed E-state index contributed by atoms with van der Waals surface area (Å²) in [4.78, 5) is 27.5. The van der Waals surface area contributed by atoms with Gasteiger partial charge in [0.1, 0.15) is 29.7 Å². The third kappa shape index (κ3) is 4.56. The second kappa shape index (κ2) is 8.09. The molecule has 0 aliphatic rings. The molecule has 0 aliphatic heterocycles. The number of nitriles is 1. The van der Waals surface area contributed by atoms with E-state index in [0.717, 1.165) is 10.7 Å². The lowest BCUT2D eigenvalue weighted by molar-refractivity contribution is 0.101. The van der Waals surface area contributed by atoms with Gasteiger partial charge < -0.3 is 10.1 Å². The predicted octanol–water partition coefficient (Wildman–Crippen LogP) is 2.02. The summed E-state index contributed by atoms with van der Waals surface area (Å²) in [5.41, 5.74) is 0.469. The van der Waals surface area contributed by atoms with Crippen molar-refractivity contribution in [1.29, 1.82) is 5.26 Å². The first-order chi connectivity index (χ1) is 13.4. The van der Waals surface area contributed by atoms with Crippen LogP contribution in [0.1, 0.15) is 21.6 Å². The molecule has 2 aromatic heterocycles. The van der Waals surface area contributed by atoms with Gasteiger partial charge in [-0.2, -0.15) is 10.4 Å². The van der Waals surface area contributed by atoms with Crippen molar-refractivity contribution < 1.29 is 13.9 Å². The molecule has 9 heteroatoms. The summed E-state index contributed by atoms with van der Waals surface area (Å²) < 4.78 is 20.0. The van der Waals surface area contributed by atoms with Gasteiger partial charge in [-0.15, -0.1) is 0 Å². The van der Waals surface area contributed by atoms with Crippen LogP contribution in [0.4, 0.5) is 10.2 Å². The Labute approximate surface area is 158 Å². The van der Waals surface area contributed by atoms with Gasteiger partial charge in [-0.3, -0.25) is 9.59 Å². The molecule has 1 aromatic carbocycles. The van der Waals surface area contributed by atoms with Crippen molar-refractivity contribution in [2.75, 3.05) is 5.32 Å². The molecule has 0 unspecified atom stereocenters. The predicted molar refractivity (Wildman–Crippen MR) is 97.1 cm³/mol. The highest BCUT2D eigenvalue weighted by atomic mass is 19.1. The highest BCUT2D eigenvalue weighted by molar-refractivity contribution is 6.02. The Balaban J connectivity index is 1.62. The number of aryl methyl sites for hydroxylation is 1. The Kier molecular flexibility index (Phi) is 5.41. The van der Waals surface area contributed by atoms with Crippen LogP contribution in [0.2, 0.25) is 0 Å². The number of anilines is 1. The normalized spacial score (nSPS) is 10.2. The van der Waals surface area contributed by atoms with Crippen LogP contribution in [0.3, 0.4) is 0 Å². The number of carbonyl (C=O) groups is 1. The van der Waals surface area contributed by atoms with E-state index in [-0.39, 0.29) is 29.2 Å². The van der Waals surface area contributed by atoms with Crippen molar-refractivity contribution >= 4 is 11.7 Å². The van der Waals surface area contributed by atoms with Gasteiger partial charge >= 0.3 is 0 Å². The first kappa shape index (κ1) is 18.7. The number of carbonyl (C=O) groups excluding carboxylic acids is 1. The number of nitrogens with one attached hydrogen (secondary N) is 1. The second-order valence-electron chi connectivity index (χ2n) is 5.76. The standard InChI is InChI=1S/C19H14FN5O3/c1-25-18(26)5-3-16(24-25)19(27)23-17-4-2-15(10-22-17)28-11-13-6-12(9-21)7-14(20)8-13/h2-8,10H,11H2,1H3,(H,22,23,27). The molecule has 0 bridgehead atoms. The Bertz CT molecular complexity index is 1120. The summed E-state index contributed by atoms with van der Waals surface area (Å²) in [7, 11) is 1.45. The highest BCUT2D eigenvalue weighted by Crippen LogP contribution is 2.16. The van der Waals surface area contributed by atoms with E-state index in [9.17, 15) is 14.0 Å². The van der Waals surface area contributed by atoms with E-state index in [2.05, 4.69) is 15.4 Å². The van der Waals surface area contributed by atoms with Crippen LogP contribution < -0.4 is 15.6 Å². The zero-order valence-corrected chi connectivity index (χ0v) is 14.7. The summed E-state index contributed by atoms with van der Waals surface area (Å²) >= 11 is 0. The minimum Gasteiger partial charge on any atom is -0.487 e. The molecule has 8 nitrogen and oxygen atoms in total. The summed E-state index contributed by atoms with van der Waals surface area (Å²) in [6, 6.07) is 11.5. The van der Waals surface area contributed by atoms with Crippen LogP contribution in [0.5, 0.6) is 5.75 Å². The Morgan fingerprint density at radius 3 is 2.79 bits per heavy atom. The second-order valence-corrected chi connectivity index (χ2v) is 5.76. The topological polar surface area (TPSA) is 110 Å². The third-order valence-corrected chi connectivity index (χ3v) is 3.66. The molecule has 0 fully saturated rings. The van der Waals surface area contributed by atoms with Gasteiger partial charge in [0.2, 0.25) is 0 Å². The summed E-state index contributed by atoms with van der Waals surface area (Å²) in [5, 5.41) is 15.3. The number of hydrogen-bond acceptors (Lipinski definition) is 6. The van der Waals surface area contributed by atoms with E-state index in [1.165, 1.54) is 43.6 Å². The zero-order chi connectivity index (χ0) is 20.1. The number of rotatable bonds is 5. The number of hydrogen-bond donors (Lipinski definition) is 1. The van der Waals surface area contributed by atoms with Crippen LogP contribution in [-0.4, -0.2) is 20.7 Å². The molecule has 0 spiro atoms. The monoisotopic (exact) mass is 379 g/mol. The van der Waals surface area contributed by atoms with Gasteiger partial charge in [0.05, 0.1) is 17.8 Å². The first-order valence-corrected chi connectivity index (χ1v) is 8.09. The van der Waals surface area contributed by atoms with Crippen molar-refractivity contribution in [1.82, 2.24) is 14.8 Å². The average Bonchev–Trinajstić information content (AvgIpc) is 2.69. The van der Waals surface area contributed by atoms with Crippen molar-refractivity contribution in [2.24, 2.45) is 7.05 Å². The molecular formula is C19H14FN5O3. The molecule has 3 aromatic rings. The van der Waals surface area contributed by atoms with Crippen LogP contribution >= 0.6 is 0 Å². The van der Waals surface area contributed by atoms with Crippen LogP contribution in [0.25, 0.3) is 0 Å². The number of nitrogens with zero attached hydrogens (tertiary/aromatic N) is 4. The summed E-state index contributed by atoms with van der Waals surface area (Å²) in [6.07, 6.45) is 1.40. The number of amides is 1. The fraction of sp³-hybridized carbons (Fsp3) is 0.105. The van der Waals surface area contributed by atoms with Crippen molar-refractivity contribution in [3.05, 3.63) is 81.7 Å². The molecule has 140 valence electrons. The maximum absolute atomic E-state index is 13.4. The molecule has 28 heavy (non-hydrogen) atoms. The molecule has 0 saturated heterocycles. The van der Waals surface area contributed by atoms with Crippen LogP contribution in [-0.2, 0) is 13.7 Å².